The van der Waals surface area contributed by atoms with Gasteiger partial charge in [-0.05, 0) is 13.3 Å². The maximum Gasteiger partial charge on any atom is 0.326 e. The van der Waals surface area contributed by atoms with Gasteiger partial charge in [0.1, 0.15) is 21.3 Å². The molecule has 0 radical (unpaired) electrons. The van der Waals surface area contributed by atoms with Gasteiger partial charge in [-0.3, -0.25) is 4.79 Å². The molecule has 0 fully saturated rings. The minimum Gasteiger partial charge on any atom is -0.480 e. The summed E-state index contributed by atoms with van der Waals surface area (Å²) >= 11 is 5.47. The fraction of sp³-hybridized carbons (Fsp3) is 0.778. The van der Waals surface area contributed by atoms with Crippen molar-refractivity contribution in [2.45, 2.75) is 31.7 Å². The highest BCUT2D eigenvalue weighted by molar-refractivity contribution is 7.91. The molecule has 0 heterocycles. The van der Waals surface area contributed by atoms with Gasteiger partial charge in [-0.25, -0.2) is 13.2 Å². The topological polar surface area (TPSA) is 101 Å². The van der Waals surface area contributed by atoms with Gasteiger partial charge in [0, 0.05) is 5.75 Å². The predicted octanol–water partition coefficient (Wildman–Crippen LogP) is 0.00790. The van der Waals surface area contributed by atoms with Crippen LogP contribution < -0.4 is 5.32 Å². The number of hydrogen-bond donors (Lipinski definition) is 2. The first kappa shape index (κ1) is 16.2. The Bertz CT molecular complexity index is 379. The van der Waals surface area contributed by atoms with Gasteiger partial charge in [0.05, 0.1) is 5.75 Å². The number of hydrogen-bond acceptors (Lipinski definition) is 4. The molecule has 0 aromatic rings. The summed E-state index contributed by atoms with van der Waals surface area (Å²) in [6.45, 7) is 2.88. The van der Waals surface area contributed by atoms with E-state index < -0.39 is 33.1 Å². The number of halogens is 1. The van der Waals surface area contributed by atoms with Crippen molar-refractivity contribution in [3.05, 3.63) is 0 Å². The summed E-state index contributed by atoms with van der Waals surface area (Å²) < 4.78 is 22.4. The molecule has 0 saturated carbocycles. The zero-order valence-corrected chi connectivity index (χ0v) is 11.2. The van der Waals surface area contributed by atoms with E-state index in [4.69, 9.17) is 16.7 Å². The van der Waals surface area contributed by atoms with Crippen molar-refractivity contribution in [3.63, 3.8) is 0 Å². The molecule has 2 unspecified atom stereocenters. The molecule has 100 valence electrons. The molecule has 0 aromatic heterocycles. The van der Waals surface area contributed by atoms with E-state index in [1.807, 2.05) is 0 Å². The molecule has 0 rings (SSSR count). The third-order valence-corrected chi connectivity index (χ3v) is 4.07. The van der Waals surface area contributed by atoms with Crippen LogP contribution in [0.4, 0.5) is 0 Å². The lowest BCUT2D eigenvalue weighted by Crippen LogP contribution is -2.44. The van der Waals surface area contributed by atoms with Crippen molar-refractivity contribution < 1.29 is 23.1 Å². The minimum atomic E-state index is -3.25. The third kappa shape index (κ3) is 6.48. The summed E-state index contributed by atoms with van der Waals surface area (Å²) in [6.07, 6.45) is -0.166. The average molecular weight is 286 g/mol. The van der Waals surface area contributed by atoms with E-state index in [0.29, 0.717) is 0 Å². The lowest BCUT2D eigenvalue weighted by molar-refractivity contribution is -0.141. The van der Waals surface area contributed by atoms with Crippen molar-refractivity contribution in [3.8, 4) is 0 Å². The number of nitrogens with one attached hydrogen (secondary N) is 1. The highest BCUT2D eigenvalue weighted by Gasteiger charge is 2.23. The predicted molar refractivity (Wildman–Crippen MR) is 63.8 cm³/mol. The van der Waals surface area contributed by atoms with Crippen molar-refractivity contribution in [2.24, 2.45) is 0 Å². The molecule has 0 aliphatic rings. The molecule has 6 nitrogen and oxygen atoms in total. The first-order chi connectivity index (χ1) is 7.69. The van der Waals surface area contributed by atoms with E-state index >= 15 is 0 Å². The van der Waals surface area contributed by atoms with Gasteiger partial charge in [-0.1, -0.05) is 6.92 Å². The SMILES string of the molecule is CCS(=O)(=O)CCC(NC(=O)C(C)Cl)C(=O)O. The number of carbonyl (C=O) groups is 2. The number of carboxylic acids is 1. The summed E-state index contributed by atoms with van der Waals surface area (Å²) in [4.78, 5) is 22.0. The van der Waals surface area contributed by atoms with Crippen LogP contribution in [0.3, 0.4) is 0 Å². The van der Waals surface area contributed by atoms with Crippen LogP contribution in [0.25, 0.3) is 0 Å². The van der Waals surface area contributed by atoms with Crippen LogP contribution in [-0.2, 0) is 19.4 Å². The van der Waals surface area contributed by atoms with Gasteiger partial charge in [-0.2, -0.15) is 0 Å². The molecule has 0 saturated heterocycles. The molecule has 1 amide bonds. The van der Waals surface area contributed by atoms with Crippen LogP contribution in [-0.4, -0.2) is 48.3 Å². The number of carboxylic acid groups (broad SMARTS) is 1. The summed E-state index contributed by atoms with van der Waals surface area (Å²) in [5.74, 6) is -2.24. The van der Waals surface area contributed by atoms with Crippen LogP contribution in [0.15, 0.2) is 0 Å². The van der Waals surface area contributed by atoms with Crippen LogP contribution in [0.1, 0.15) is 20.3 Å². The number of alkyl halides is 1. The fourth-order valence-corrected chi connectivity index (χ4v) is 1.93. The highest BCUT2D eigenvalue weighted by Crippen LogP contribution is 2.01. The number of amides is 1. The Balaban J connectivity index is 4.47. The second kappa shape index (κ2) is 6.80. The molecule has 8 heteroatoms. The van der Waals surface area contributed by atoms with Crippen LogP contribution in [0.2, 0.25) is 0 Å². The largest absolute Gasteiger partial charge is 0.480 e. The molecular formula is C9H16ClNO5S. The molecule has 0 aromatic carbocycles. The summed E-state index contributed by atoms with van der Waals surface area (Å²) in [5.41, 5.74) is 0. The van der Waals surface area contributed by atoms with E-state index in [-0.39, 0.29) is 17.9 Å². The lowest BCUT2D eigenvalue weighted by atomic mass is 10.2. The van der Waals surface area contributed by atoms with Gasteiger partial charge < -0.3 is 10.4 Å². The summed E-state index contributed by atoms with van der Waals surface area (Å²) in [5, 5.41) is 10.1. The number of sulfone groups is 1. The Hall–Kier alpha value is -0.820. The molecular weight excluding hydrogens is 270 g/mol. The molecule has 0 bridgehead atoms. The molecule has 0 spiro atoms. The Kier molecular flexibility index (Phi) is 6.48. The maximum atomic E-state index is 11.2. The Morgan fingerprint density at radius 3 is 2.29 bits per heavy atom. The van der Waals surface area contributed by atoms with Crippen molar-refractivity contribution in [1.29, 1.82) is 0 Å². The Morgan fingerprint density at radius 1 is 1.41 bits per heavy atom. The fourth-order valence-electron chi connectivity index (χ4n) is 0.986. The Morgan fingerprint density at radius 2 is 1.94 bits per heavy atom. The maximum absolute atomic E-state index is 11.2. The highest BCUT2D eigenvalue weighted by atomic mass is 35.5. The normalized spacial score (nSPS) is 15.0. The first-order valence-electron chi connectivity index (χ1n) is 5.07. The molecule has 17 heavy (non-hydrogen) atoms. The zero-order chi connectivity index (χ0) is 13.6. The van der Waals surface area contributed by atoms with E-state index in [9.17, 15) is 18.0 Å². The molecule has 0 aliphatic heterocycles. The van der Waals surface area contributed by atoms with E-state index in [0.717, 1.165) is 0 Å². The van der Waals surface area contributed by atoms with Gasteiger partial charge in [-0.15, -0.1) is 11.6 Å². The average Bonchev–Trinajstić information content (AvgIpc) is 2.23. The number of rotatable bonds is 7. The standard InChI is InChI=1S/C9H16ClNO5S/c1-3-17(15,16)5-4-7(9(13)14)11-8(12)6(2)10/h6-7H,3-5H2,1-2H3,(H,11,12)(H,13,14). The van der Waals surface area contributed by atoms with Crippen LogP contribution >= 0.6 is 11.6 Å². The monoisotopic (exact) mass is 285 g/mol. The zero-order valence-electron chi connectivity index (χ0n) is 9.64. The molecule has 2 N–H and O–H groups in total. The lowest BCUT2D eigenvalue weighted by Gasteiger charge is -2.15. The second-order valence-electron chi connectivity index (χ2n) is 3.54. The van der Waals surface area contributed by atoms with Gasteiger partial charge in [0.15, 0.2) is 0 Å². The van der Waals surface area contributed by atoms with E-state index in [1.54, 1.807) is 0 Å². The van der Waals surface area contributed by atoms with Crippen molar-refractivity contribution in [1.82, 2.24) is 5.32 Å². The molecule has 2 atom stereocenters. The van der Waals surface area contributed by atoms with Gasteiger partial charge >= 0.3 is 5.97 Å². The van der Waals surface area contributed by atoms with Crippen LogP contribution in [0, 0.1) is 0 Å². The quantitative estimate of drug-likeness (QED) is 0.642. The van der Waals surface area contributed by atoms with Crippen molar-refractivity contribution >= 4 is 33.3 Å². The minimum absolute atomic E-state index is 0.0564. The first-order valence-corrected chi connectivity index (χ1v) is 7.33. The van der Waals surface area contributed by atoms with E-state index in [1.165, 1.54) is 13.8 Å². The van der Waals surface area contributed by atoms with Crippen molar-refractivity contribution in [2.75, 3.05) is 11.5 Å². The summed E-state index contributed by atoms with van der Waals surface area (Å²) in [6, 6.07) is -1.23. The van der Waals surface area contributed by atoms with Gasteiger partial charge in [0.25, 0.3) is 0 Å². The third-order valence-electron chi connectivity index (χ3n) is 2.13. The number of aliphatic carboxylic acids is 1. The summed E-state index contributed by atoms with van der Waals surface area (Å²) in [7, 11) is -3.25. The van der Waals surface area contributed by atoms with Crippen LogP contribution in [0.5, 0.6) is 0 Å². The second-order valence-corrected chi connectivity index (χ2v) is 6.67. The Labute approximate surface area is 105 Å². The van der Waals surface area contributed by atoms with E-state index in [2.05, 4.69) is 5.32 Å². The molecule has 0 aliphatic carbocycles. The van der Waals surface area contributed by atoms with Gasteiger partial charge in [0.2, 0.25) is 5.91 Å². The smallest absolute Gasteiger partial charge is 0.326 e. The number of carbonyl (C=O) groups excluding carboxylic acids is 1.